The number of amides is 2. The first kappa shape index (κ1) is 19.5. The molecule has 0 aliphatic heterocycles. The average Bonchev–Trinajstić information content (AvgIpc) is 2.27. The van der Waals surface area contributed by atoms with Gasteiger partial charge in [0.2, 0.25) is 11.8 Å². The van der Waals surface area contributed by atoms with Crippen molar-refractivity contribution < 1.29 is 9.59 Å². The molecule has 0 aromatic rings. The molecule has 0 fully saturated rings. The minimum absolute atomic E-state index is 0. The Labute approximate surface area is 116 Å². The molecule has 0 aromatic carbocycles. The summed E-state index contributed by atoms with van der Waals surface area (Å²) in [6.07, 6.45) is 1.21. The van der Waals surface area contributed by atoms with Crippen molar-refractivity contribution in [3.05, 3.63) is 0 Å². The van der Waals surface area contributed by atoms with Crippen molar-refractivity contribution in [3.63, 3.8) is 0 Å². The smallest absolute Gasteiger partial charge is 0.224 e. The van der Waals surface area contributed by atoms with Crippen molar-refractivity contribution in [3.8, 4) is 0 Å². The van der Waals surface area contributed by atoms with Crippen LogP contribution in [0.4, 0.5) is 0 Å². The molecule has 3 atom stereocenters. The minimum Gasteiger partial charge on any atom is -0.355 e. The second-order valence-corrected chi connectivity index (χ2v) is 4.57. The molecule has 0 aliphatic rings. The maximum absolute atomic E-state index is 11.5. The molecule has 2 amide bonds. The molecule has 108 valence electrons. The molecule has 0 rings (SSSR count). The number of hydrogen-bond acceptors (Lipinski definition) is 3. The summed E-state index contributed by atoms with van der Waals surface area (Å²) in [5.41, 5.74) is 5.61. The molecule has 0 saturated heterocycles. The Hall–Kier alpha value is -0.810. The van der Waals surface area contributed by atoms with Gasteiger partial charge in [-0.1, -0.05) is 13.8 Å². The van der Waals surface area contributed by atoms with E-state index in [-0.39, 0.29) is 42.2 Å². The Bertz CT molecular complexity index is 260. The molecule has 0 bridgehead atoms. The van der Waals surface area contributed by atoms with Gasteiger partial charge in [0.25, 0.3) is 0 Å². The molecule has 0 aliphatic carbocycles. The predicted octanol–water partition coefficient (Wildman–Crippen LogP) is 0.812. The second-order valence-electron chi connectivity index (χ2n) is 4.57. The highest BCUT2D eigenvalue weighted by atomic mass is 35.5. The van der Waals surface area contributed by atoms with Crippen molar-refractivity contribution in [2.45, 2.75) is 52.6 Å². The zero-order chi connectivity index (χ0) is 13.4. The molecular weight excluding hydrogens is 254 g/mol. The minimum atomic E-state index is -0.229. The Morgan fingerprint density at radius 3 is 2.22 bits per heavy atom. The lowest BCUT2D eigenvalue weighted by Crippen LogP contribution is -2.40. The molecule has 6 heteroatoms. The van der Waals surface area contributed by atoms with E-state index < -0.39 is 0 Å². The molecule has 5 nitrogen and oxygen atoms in total. The van der Waals surface area contributed by atoms with E-state index in [2.05, 4.69) is 10.6 Å². The molecule has 18 heavy (non-hydrogen) atoms. The molecule has 0 saturated carbocycles. The first-order valence-corrected chi connectivity index (χ1v) is 6.21. The van der Waals surface area contributed by atoms with Crippen LogP contribution in [0.3, 0.4) is 0 Å². The van der Waals surface area contributed by atoms with Crippen LogP contribution in [0, 0.1) is 5.92 Å². The summed E-state index contributed by atoms with van der Waals surface area (Å²) in [6.45, 7) is 7.89. The van der Waals surface area contributed by atoms with Gasteiger partial charge >= 0.3 is 0 Å². The van der Waals surface area contributed by atoms with Gasteiger partial charge in [0.15, 0.2) is 0 Å². The highest BCUT2D eigenvalue weighted by Crippen LogP contribution is 1.99. The molecule has 0 radical (unpaired) electrons. The van der Waals surface area contributed by atoms with E-state index >= 15 is 0 Å². The van der Waals surface area contributed by atoms with Gasteiger partial charge in [0, 0.05) is 31.0 Å². The normalized spacial score (nSPS) is 14.9. The van der Waals surface area contributed by atoms with Crippen LogP contribution in [0.25, 0.3) is 0 Å². The van der Waals surface area contributed by atoms with Gasteiger partial charge in [-0.2, -0.15) is 0 Å². The van der Waals surface area contributed by atoms with Gasteiger partial charge in [-0.15, -0.1) is 12.4 Å². The average molecular weight is 280 g/mol. The number of carbonyl (C=O) groups is 2. The summed E-state index contributed by atoms with van der Waals surface area (Å²) in [4.78, 5) is 22.9. The lowest BCUT2D eigenvalue weighted by Gasteiger charge is -2.15. The third kappa shape index (κ3) is 8.31. The number of halogens is 1. The Kier molecular flexibility index (Phi) is 11.0. The fourth-order valence-electron chi connectivity index (χ4n) is 1.15. The monoisotopic (exact) mass is 279 g/mol. The maximum Gasteiger partial charge on any atom is 0.224 e. The summed E-state index contributed by atoms with van der Waals surface area (Å²) in [7, 11) is 0. The number of rotatable bonds is 7. The predicted molar refractivity (Wildman–Crippen MR) is 75.6 cm³/mol. The summed E-state index contributed by atoms with van der Waals surface area (Å²) >= 11 is 0. The number of nitrogens with two attached hydrogens (primary N) is 1. The van der Waals surface area contributed by atoms with Crippen molar-refractivity contribution in [2.75, 3.05) is 6.54 Å². The molecule has 0 heterocycles. The molecular formula is C12H26ClN3O2. The first-order valence-electron chi connectivity index (χ1n) is 6.21. The van der Waals surface area contributed by atoms with Crippen molar-refractivity contribution in [1.29, 1.82) is 0 Å². The Morgan fingerprint density at radius 1 is 1.22 bits per heavy atom. The standard InChI is InChI=1S/C12H25N3O2.ClH/c1-5-8(2)15-11(16)6-7-14-12(17)9(3)10(4)13;/h8-10H,5-7,13H2,1-4H3,(H,14,17)(H,15,16);1H. The zero-order valence-corrected chi connectivity index (χ0v) is 12.5. The SMILES string of the molecule is CCC(C)NC(=O)CCNC(=O)C(C)C(C)N.Cl. The van der Waals surface area contributed by atoms with E-state index in [0.29, 0.717) is 13.0 Å². The summed E-state index contributed by atoms with van der Waals surface area (Å²) in [5.74, 6) is -0.364. The number of carbonyl (C=O) groups excluding carboxylic acids is 2. The van der Waals surface area contributed by atoms with Crippen LogP contribution in [-0.4, -0.2) is 30.4 Å². The fraction of sp³-hybridized carbons (Fsp3) is 0.833. The third-order valence-corrected chi connectivity index (χ3v) is 2.87. The van der Waals surface area contributed by atoms with E-state index in [9.17, 15) is 9.59 Å². The number of nitrogens with one attached hydrogen (secondary N) is 2. The van der Waals surface area contributed by atoms with Crippen LogP contribution in [0.1, 0.15) is 40.5 Å². The van der Waals surface area contributed by atoms with Gasteiger partial charge < -0.3 is 16.4 Å². The van der Waals surface area contributed by atoms with Crippen LogP contribution in [-0.2, 0) is 9.59 Å². The van der Waals surface area contributed by atoms with Crippen molar-refractivity contribution in [2.24, 2.45) is 11.7 Å². The van der Waals surface area contributed by atoms with Gasteiger partial charge in [0.05, 0.1) is 0 Å². The van der Waals surface area contributed by atoms with Crippen LogP contribution in [0.2, 0.25) is 0 Å². The lowest BCUT2D eigenvalue weighted by atomic mass is 10.0. The van der Waals surface area contributed by atoms with Crippen molar-refractivity contribution >= 4 is 24.2 Å². The van der Waals surface area contributed by atoms with Gasteiger partial charge in [-0.3, -0.25) is 9.59 Å². The molecule has 0 aromatic heterocycles. The molecule has 4 N–H and O–H groups in total. The lowest BCUT2D eigenvalue weighted by molar-refractivity contribution is -0.125. The first-order chi connectivity index (χ1) is 7.88. The zero-order valence-electron chi connectivity index (χ0n) is 11.7. The highest BCUT2D eigenvalue weighted by molar-refractivity contribution is 5.85. The maximum atomic E-state index is 11.5. The van der Waals surface area contributed by atoms with E-state index in [1.165, 1.54) is 0 Å². The topological polar surface area (TPSA) is 84.2 Å². The summed E-state index contributed by atoms with van der Waals surface area (Å²) in [6, 6.07) is 0.00475. The number of hydrogen-bond donors (Lipinski definition) is 3. The Balaban J connectivity index is 0. The summed E-state index contributed by atoms with van der Waals surface area (Å²) < 4.78 is 0. The molecule has 0 spiro atoms. The summed E-state index contributed by atoms with van der Waals surface area (Å²) in [5, 5.41) is 5.55. The highest BCUT2D eigenvalue weighted by Gasteiger charge is 2.16. The van der Waals surface area contributed by atoms with E-state index in [1.54, 1.807) is 13.8 Å². The van der Waals surface area contributed by atoms with Gasteiger partial charge in [-0.25, -0.2) is 0 Å². The van der Waals surface area contributed by atoms with Crippen LogP contribution in [0.15, 0.2) is 0 Å². The van der Waals surface area contributed by atoms with Gasteiger partial charge in [0.1, 0.15) is 0 Å². The third-order valence-electron chi connectivity index (χ3n) is 2.87. The quantitative estimate of drug-likeness (QED) is 0.645. The van der Waals surface area contributed by atoms with Crippen LogP contribution in [0.5, 0.6) is 0 Å². The van der Waals surface area contributed by atoms with Gasteiger partial charge in [-0.05, 0) is 20.3 Å². The van der Waals surface area contributed by atoms with E-state index in [0.717, 1.165) is 6.42 Å². The largest absolute Gasteiger partial charge is 0.355 e. The Morgan fingerprint density at radius 2 is 1.78 bits per heavy atom. The van der Waals surface area contributed by atoms with Crippen molar-refractivity contribution in [1.82, 2.24) is 10.6 Å². The van der Waals surface area contributed by atoms with Crippen LogP contribution >= 0.6 is 12.4 Å². The molecule has 3 unspecified atom stereocenters. The van der Waals surface area contributed by atoms with E-state index in [4.69, 9.17) is 5.73 Å². The van der Waals surface area contributed by atoms with Crippen LogP contribution < -0.4 is 16.4 Å². The second kappa shape index (κ2) is 10.1. The van der Waals surface area contributed by atoms with E-state index in [1.807, 2.05) is 13.8 Å². The fourth-order valence-corrected chi connectivity index (χ4v) is 1.15.